The minimum Gasteiger partial charge on any atom is -0.367 e. The van der Waals surface area contributed by atoms with Gasteiger partial charge < -0.3 is 20.9 Å². The molecule has 24 heavy (non-hydrogen) atoms. The van der Waals surface area contributed by atoms with Crippen LogP contribution in [0.2, 0.25) is 5.02 Å². The van der Waals surface area contributed by atoms with Gasteiger partial charge in [-0.1, -0.05) is 23.7 Å². The van der Waals surface area contributed by atoms with E-state index in [2.05, 4.69) is 10.2 Å². The van der Waals surface area contributed by atoms with E-state index in [0.717, 1.165) is 11.4 Å². The van der Waals surface area contributed by atoms with E-state index >= 15 is 0 Å². The fourth-order valence-electron chi connectivity index (χ4n) is 2.76. The fraction of sp³-hybridized carbons (Fsp3) is 0.500. The molecule has 1 heterocycles. The highest BCUT2D eigenvalue weighted by molar-refractivity contribution is 7.98. The molecule has 1 aliphatic rings. The summed E-state index contributed by atoms with van der Waals surface area (Å²) in [6.07, 6.45) is 2.54. The van der Waals surface area contributed by atoms with Crippen LogP contribution in [0.1, 0.15) is 6.42 Å². The van der Waals surface area contributed by atoms with Crippen molar-refractivity contribution in [2.24, 2.45) is 5.73 Å². The summed E-state index contributed by atoms with van der Waals surface area (Å²) in [6, 6.07) is 6.48. The number of para-hydroxylation sites is 1. The zero-order valence-electron chi connectivity index (χ0n) is 13.7. The van der Waals surface area contributed by atoms with Gasteiger partial charge in [0.1, 0.15) is 6.04 Å². The van der Waals surface area contributed by atoms with Crippen molar-refractivity contribution in [2.45, 2.75) is 12.5 Å². The van der Waals surface area contributed by atoms with Crippen LogP contribution in [0.5, 0.6) is 0 Å². The smallest absolute Gasteiger partial charge is 0.312 e. The molecule has 1 aliphatic heterocycles. The zero-order valence-corrected chi connectivity index (χ0v) is 15.3. The van der Waals surface area contributed by atoms with Crippen LogP contribution in [0.4, 0.5) is 10.5 Å². The number of piperazine rings is 1. The van der Waals surface area contributed by atoms with Crippen LogP contribution in [-0.2, 0) is 4.79 Å². The number of nitrogens with two attached hydrogens (primary N) is 1. The average molecular weight is 371 g/mol. The van der Waals surface area contributed by atoms with Crippen molar-refractivity contribution in [3.05, 3.63) is 29.3 Å². The maximum atomic E-state index is 12.7. The van der Waals surface area contributed by atoms with E-state index in [1.54, 1.807) is 16.7 Å². The second kappa shape index (κ2) is 9.03. The van der Waals surface area contributed by atoms with E-state index in [1.807, 2.05) is 30.5 Å². The zero-order chi connectivity index (χ0) is 17.5. The number of carbonyl (C=O) groups excluding carboxylic acids is 2. The molecule has 0 unspecified atom stereocenters. The minimum atomic E-state index is -0.663. The first kappa shape index (κ1) is 18.7. The Morgan fingerprint density at radius 1 is 1.29 bits per heavy atom. The van der Waals surface area contributed by atoms with Crippen LogP contribution in [0.3, 0.4) is 0 Å². The quantitative estimate of drug-likeness (QED) is 0.800. The van der Waals surface area contributed by atoms with Gasteiger partial charge in [-0.05, 0) is 30.6 Å². The third-order valence-electron chi connectivity index (χ3n) is 4.01. The van der Waals surface area contributed by atoms with Gasteiger partial charge in [0.25, 0.3) is 0 Å². The standard InChI is InChI=1S/C16H23ClN4O2S/c1-24-11-6-13(19-16(18)23)15(22)21-9-7-20(8-10-21)14-5-3-2-4-12(14)17/h2-5,13H,6-11H2,1H3,(H3,18,19,23)/t13-/m1/s1. The normalized spacial score (nSPS) is 15.9. The predicted octanol–water partition coefficient (Wildman–Crippen LogP) is 1.78. The summed E-state index contributed by atoms with van der Waals surface area (Å²) < 4.78 is 0. The predicted molar refractivity (Wildman–Crippen MR) is 99.8 cm³/mol. The molecule has 2 rings (SSSR count). The summed E-state index contributed by atoms with van der Waals surface area (Å²) in [7, 11) is 0. The number of nitrogens with one attached hydrogen (secondary N) is 1. The Morgan fingerprint density at radius 2 is 1.96 bits per heavy atom. The molecule has 1 atom stereocenters. The fourth-order valence-corrected chi connectivity index (χ4v) is 3.49. The topological polar surface area (TPSA) is 78.7 Å². The van der Waals surface area contributed by atoms with Gasteiger partial charge >= 0.3 is 6.03 Å². The molecule has 0 aliphatic carbocycles. The number of rotatable bonds is 6. The van der Waals surface area contributed by atoms with E-state index in [4.69, 9.17) is 17.3 Å². The maximum absolute atomic E-state index is 12.7. The lowest BCUT2D eigenvalue weighted by atomic mass is 10.1. The van der Waals surface area contributed by atoms with Crippen LogP contribution < -0.4 is 16.0 Å². The first-order chi connectivity index (χ1) is 11.5. The average Bonchev–Trinajstić information content (AvgIpc) is 2.58. The van der Waals surface area contributed by atoms with Gasteiger partial charge in [-0.3, -0.25) is 4.79 Å². The van der Waals surface area contributed by atoms with Gasteiger partial charge in [-0.2, -0.15) is 11.8 Å². The third-order valence-corrected chi connectivity index (χ3v) is 4.97. The maximum Gasteiger partial charge on any atom is 0.312 e. The van der Waals surface area contributed by atoms with E-state index < -0.39 is 12.1 Å². The molecule has 1 aromatic carbocycles. The van der Waals surface area contributed by atoms with Gasteiger partial charge in [-0.25, -0.2) is 4.79 Å². The summed E-state index contributed by atoms with van der Waals surface area (Å²) in [4.78, 5) is 27.8. The molecule has 3 N–H and O–H groups in total. The lowest BCUT2D eigenvalue weighted by Gasteiger charge is -2.37. The van der Waals surface area contributed by atoms with Crippen molar-refractivity contribution in [3.63, 3.8) is 0 Å². The minimum absolute atomic E-state index is 0.0679. The number of hydrogen-bond acceptors (Lipinski definition) is 4. The number of amides is 3. The van der Waals surface area contributed by atoms with Gasteiger partial charge in [0, 0.05) is 26.2 Å². The molecular formula is C16H23ClN4O2S. The highest BCUT2D eigenvalue weighted by Crippen LogP contribution is 2.26. The van der Waals surface area contributed by atoms with Crippen molar-refractivity contribution >= 4 is 41.0 Å². The van der Waals surface area contributed by atoms with Gasteiger partial charge in [0.15, 0.2) is 0 Å². The SMILES string of the molecule is CSCC[C@@H](NC(N)=O)C(=O)N1CCN(c2ccccc2Cl)CC1. The van der Waals surface area contributed by atoms with E-state index in [9.17, 15) is 9.59 Å². The van der Waals surface area contributed by atoms with Crippen molar-refractivity contribution < 1.29 is 9.59 Å². The highest BCUT2D eigenvalue weighted by Gasteiger charge is 2.28. The molecule has 0 saturated carbocycles. The second-order valence-corrected chi connectivity index (χ2v) is 7.00. The Hall–Kier alpha value is -1.60. The van der Waals surface area contributed by atoms with E-state index in [-0.39, 0.29) is 5.91 Å². The Morgan fingerprint density at radius 3 is 2.54 bits per heavy atom. The van der Waals surface area contributed by atoms with Crippen molar-refractivity contribution in [1.29, 1.82) is 0 Å². The first-order valence-corrected chi connectivity index (χ1v) is 9.63. The van der Waals surface area contributed by atoms with E-state index in [1.165, 1.54) is 0 Å². The Labute approximate surface area is 151 Å². The second-order valence-electron chi connectivity index (χ2n) is 5.61. The monoisotopic (exact) mass is 370 g/mol. The largest absolute Gasteiger partial charge is 0.367 e. The molecule has 0 radical (unpaired) electrons. The van der Waals surface area contributed by atoms with Crippen LogP contribution >= 0.6 is 23.4 Å². The van der Waals surface area contributed by atoms with Crippen LogP contribution in [0, 0.1) is 0 Å². The Balaban J connectivity index is 1.95. The van der Waals surface area contributed by atoms with Crippen molar-refractivity contribution in [3.8, 4) is 0 Å². The number of hydrogen-bond donors (Lipinski definition) is 2. The molecule has 1 fully saturated rings. The molecule has 0 spiro atoms. The number of primary amides is 1. The summed E-state index contributed by atoms with van der Waals surface area (Å²) in [5.74, 6) is 0.720. The van der Waals surface area contributed by atoms with Crippen LogP contribution in [0.25, 0.3) is 0 Å². The summed E-state index contributed by atoms with van der Waals surface area (Å²) in [5, 5.41) is 3.28. The van der Waals surface area contributed by atoms with Crippen LogP contribution in [0.15, 0.2) is 24.3 Å². The molecule has 1 saturated heterocycles. The first-order valence-electron chi connectivity index (χ1n) is 7.86. The third kappa shape index (κ3) is 4.95. The van der Waals surface area contributed by atoms with Gasteiger partial charge in [0.05, 0.1) is 10.7 Å². The number of thioether (sulfide) groups is 1. The molecule has 3 amide bonds. The number of nitrogens with zero attached hydrogens (tertiary/aromatic N) is 2. The number of halogens is 1. The summed E-state index contributed by atoms with van der Waals surface area (Å²) in [6.45, 7) is 2.61. The molecule has 8 heteroatoms. The van der Waals surface area contributed by atoms with Crippen LogP contribution in [-0.4, -0.2) is 61.1 Å². The molecule has 6 nitrogen and oxygen atoms in total. The Bertz CT molecular complexity index is 579. The highest BCUT2D eigenvalue weighted by atomic mass is 35.5. The number of urea groups is 1. The molecule has 0 aromatic heterocycles. The lowest BCUT2D eigenvalue weighted by molar-refractivity contribution is -0.133. The summed E-state index contributed by atoms with van der Waals surface area (Å²) >= 11 is 7.87. The number of carbonyl (C=O) groups is 2. The van der Waals surface area contributed by atoms with E-state index in [0.29, 0.717) is 37.6 Å². The summed E-state index contributed by atoms with van der Waals surface area (Å²) in [5.41, 5.74) is 6.18. The van der Waals surface area contributed by atoms with Crippen molar-refractivity contribution in [1.82, 2.24) is 10.2 Å². The van der Waals surface area contributed by atoms with Gasteiger partial charge in [-0.15, -0.1) is 0 Å². The number of anilines is 1. The van der Waals surface area contributed by atoms with Crippen molar-refractivity contribution in [2.75, 3.05) is 43.1 Å². The molecular weight excluding hydrogens is 348 g/mol. The van der Waals surface area contributed by atoms with Gasteiger partial charge in [0.2, 0.25) is 5.91 Å². The molecule has 0 bridgehead atoms. The lowest BCUT2D eigenvalue weighted by Crippen LogP contribution is -2.55. The molecule has 1 aromatic rings. The molecule has 132 valence electrons. The Kier molecular flexibility index (Phi) is 7.05. The number of benzene rings is 1.